The number of aryl methyl sites for hydroxylation is 1. The van der Waals surface area contributed by atoms with E-state index in [0.717, 1.165) is 11.7 Å². The van der Waals surface area contributed by atoms with Gasteiger partial charge in [0.25, 0.3) is 5.56 Å². The van der Waals surface area contributed by atoms with Gasteiger partial charge in [-0.1, -0.05) is 18.2 Å². The van der Waals surface area contributed by atoms with Gasteiger partial charge in [-0.25, -0.2) is 12.8 Å². The first-order valence-electron chi connectivity index (χ1n) is 10.9. The highest BCUT2D eigenvalue weighted by atomic mass is 32.2. The predicted molar refractivity (Wildman–Crippen MR) is 136 cm³/mol. The van der Waals surface area contributed by atoms with Gasteiger partial charge in [0.1, 0.15) is 27.5 Å². The minimum Gasteiger partial charge on any atom is -0.497 e. The Kier molecular flexibility index (Phi) is 6.29. The van der Waals surface area contributed by atoms with Gasteiger partial charge >= 0.3 is 0 Å². The van der Waals surface area contributed by atoms with E-state index < -0.39 is 21.4 Å². The third kappa shape index (κ3) is 4.48. The number of nitrogens with zero attached hydrogens (tertiary/aromatic N) is 3. The molecule has 2 heterocycles. The summed E-state index contributed by atoms with van der Waals surface area (Å²) in [6, 6.07) is 15.9. The summed E-state index contributed by atoms with van der Waals surface area (Å²) in [6.07, 6.45) is 0. The fourth-order valence-electron chi connectivity index (χ4n) is 4.07. The molecular formula is C25H21FN4O4S2. The first kappa shape index (κ1) is 24.0. The van der Waals surface area contributed by atoms with Crippen LogP contribution in [-0.2, 0) is 23.1 Å². The van der Waals surface area contributed by atoms with Gasteiger partial charge in [-0.15, -0.1) is 0 Å². The van der Waals surface area contributed by atoms with Gasteiger partial charge in [-0.05, 0) is 60.5 Å². The number of halogens is 1. The van der Waals surface area contributed by atoms with E-state index in [1.165, 1.54) is 28.6 Å². The molecule has 0 aliphatic rings. The topological polar surface area (TPSA) is 105 Å². The van der Waals surface area contributed by atoms with Gasteiger partial charge < -0.3 is 9.72 Å². The maximum absolute atomic E-state index is 14.1. The van der Waals surface area contributed by atoms with E-state index in [0.29, 0.717) is 33.3 Å². The largest absolute Gasteiger partial charge is 0.497 e. The van der Waals surface area contributed by atoms with Crippen molar-refractivity contribution >= 4 is 43.7 Å². The number of H-pyrrole nitrogens is 1. The fourth-order valence-corrected chi connectivity index (χ4v) is 6.42. The molecule has 0 unspecified atom stereocenters. The highest BCUT2D eigenvalue weighted by Gasteiger charge is 2.30. The van der Waals surface area contributed by atoms with Gasteiger partial charge in [0.2, 0.25) is 10.0 Å². The summed E-state index contributed by atoms with van der Waals surface area (Å²) in [5.74, 6) is 0.178. The number of aromatic nitrogens is 3. The summed E-state index contributed by atoms with van der Waals surface area (Å²) >= 11 is 0.929. The Morgan fingerprint density at radius 1 is 1.03 bits per heavy atom. The molecule has 5 aromatic rings. The van der Waals surface area contributed by atoms with E-state index in [1.54, 1.807) is 50.4 Å². The van der Waals surface area contributed by atoms with Crippen LogP contribution in [0.2, 0.25) is 0 Å². The number of pyridine rings is 1. The van der Waals surface area contributed by atoms with Crippen molar-refractivity contribution in [2.75, 3.05) is 7.11 Å². The zero-order chi connectivity index (χ0) is 25.4. The van der Waals surface area contributed by atoms with Gasteiger partial charge in [0, 0.05) is 29.6 Å². The number of ether oxygens (including phenoxy) is 1. The quantitative estimate of drug-likeness (QED) is 0.339. The van der Waals surface area contributed by atoms with Crippen molar-refractivity contribution in [3.63, 3.8) is 0 Å². The van der Waals surface area contributed by atoms with Crippen LogP contribution in [0.15, 0.2) is 70.4 Å². The summed E-state index contributed by atoms with van der Waals surface area (Å²) in [5.41, 5.74) is 2.28. The van der Waals surface area contributed by atoms with Crippen molar-refractivity contribution in [2.45, 2.75) is 24.9 Å². The lowest BCUT2D eigenvalue weighted by Crippen LogP contribution is -2.33. The summed E-state index contributed by atoms with van der Waals surface area (Å²) < 4.78 is 56.6. The van der Waals surface area contributed by atoms with Crippen molar-refractivity contribution in [1.29, 1.82) is 0 Å². The number of hydrogen-bond donors (Lipinski definition) is 1. The first-order chi connectivity index (χ1) is 17.3. The summed E-state index contributed by atoms with van der Waals surface area (Å²) in [6.45, 7) is 1.40. The van der Waals surface area contributed by atoms with Gasteiger partial charge in [-0.3, -0.25) is 4.79 Å². The van der Waals surface area contributed by atoms with E-state index in [1.807, 2.05) is 0 Å². The van der Waals surface area contributed by atoms with Crippen molar-refractivity contribution in [3.05, 3.63) is 93.5 Å². The molecule has 11 heteroatoms. The number of methoxy groups -OCH3 is 1. The molecule has 3 aromatic carbocycles. The van der Waals surface area contributed by atoms with Crippen molar-refractivity contribution in [2.24, 2.45) is 0 Å². The van der Waals surface area contributed by atoms with Crippen molar-refractivity contribution < 1.29 is 17.5 Å². The van der Waals surface area contributed by atoms with Gasteiger partial charge in [-0.2, -0.15) is 13.1 Å². The average molecular weight is 525 g/mol. The lowest BCUT2D eigenvalue weighted by Gasteiger charge is -2.23. The summed E-state index contributed by atoms with van der Waals surface area (Å²) in [4.78, 5) is 15.8. The molecule has 0 bridgehead atoms. The molecule has 36 heavy (non-hydrogen) atoms. The van der Waals surface area contributed by atoms with Crippen LogP contribution in [0.3, 0.4) is 0 Å². The molecule has 0 atom stereocenters. The standard InChI is InChI=1S/C25H21FN4O4S2/c1-15-3-9-22-23(29-35-28-22)24(15)36(32,33)30(13-16-4-6-19(26)7-5-16)14-18-11-17-12-20(34-2)8-10-21(17)27-25(18)31/h3-12H,13-14H2,1-2H3,(H,27,31). The molecule has 1 N–H and O–H groups in total. The minimum atomic E-state index is -4.15. The average Bonchev–Trinajstić information content (AvgIpc) is 3.33. The second-order valence-corrected chi connectivity index (χ2v) is 10.7. The molecule has 0 fully saturated rings. The molecule has 0 saturated carbocycles. The van der Waals surface area contributed by atoms with Crippen LogP contribution >= 0.6 is 11.7 Å². The highest BCUT2D eigenvalue weighted by Crippen LogP contribution is 2.30. The van der Waals surface area contributed by atoms with Crippen LogP contribution in [-0.4, -0.2) is 33.6 Å². The Bertz CT molecular complexity index is 1750. The number of fused-ring (bicyclic) bond motifs is 2. The SMILES string of the molecule is COc1ccc2[nH]c(=O)c(CN(Cc3ccc(F)cc3)S(=O)(=O)c3c(C)ccc4nsnc34)cc2c1. The first-order valence-corrected chi connectivity index (χ1v) is 13.1. The summed E-state index contributed by atoms with van der Waals surface area (Å²) in [5, 5.41) is 0.699. The molecule has 0 radical (unpaired) electrons. The molecule has 184 valence electrons. The molecule has 0 aliphatic heterocycles. The molecule has 0 amide bonds. The number of sulfonamides is 1. The zero-order valence-corrected chi connectivity index (χ0v) is 21.0. The van der Waals surface area contributed by atoms with E-state index in [2.05, 4.69) is 13.7 Å². The fraction of sp³-hybridized carbons (Fsp3) is 0.160. The number of benzene rings is 3. The predicted octanol–water partition coefficient (Wildman–Crippen LogP) is 4.38. The number of nitrogens with one attached hydrogen (secondary N) is 1. The summed E-state index contributed by atoms with van der Waals surface area (Å²) in [7, 11) is -2.61. The van der Waals surface area contributed by atoms with Crippen LogP contribution in [0.4, 0.5) is 4.39 Å². The monoisotopic (exact) mass is 524 g/mol. The third-order valence-corrected chi connectivity index (χ3v) is 8.44. The minimum absolute atomic E-state index is 0.0368. The van der Waals surface area contributed by atoms with Crippen LogP contribution in [0.5, 0.6) is 5.75 Å². The second kappa shape index (κ2) is 9.41. The van der Waals surface area contributed by atoms with E-state index >= 15 is 0 Å². The molecule has 0 aliphatic carbocycles. The Morgan fingerprint density at radius 3 is 2.56 bits per heavy atom. The number of hydrogen-bond acceptors (Lipinski definition) is 7. The van der Waals surface area contributed by atoms with Crippen molar-refractivity contribution in [1.82, 2.24) is 18.0 Å². The number of rotatable bonds is 7. The molecule has 5 rings (SSSR count). The van der Waals surface area contributed by atoms with Gasteiger partial charge in [0.05, 0.1) is 18.8 Å². The third-order valence-electron chi connectivity index (χ3n) is 5.92. The van der Waals surface area contributed by atoms with E-state index in [-0.39, 0.29) is 29.1 Å². The molecule has 8 nitrogen and oxygen atoms in total. The molecule has 2 aromatic heterocycles. The Labute approximate surface area is 210 Å². The smallest absolute Gasteiger partial charge is 0.252 e. The van der Waals surface area contributed by atoms with Crippen molar-refractivity contribution in [3.8, 4) is 5.75 Å². The lowest BCUT2D eigenvalue weighted by molar-refractivity contribution is 0.399. The van der Waals surface area contributed by atoms with Crippen LogP contribution in [0, 0.1) is 12.7 Å². The lowest BCUT2D eigenvalue weighted by atomic mass is 10.1. The van der Waals surface area contributed by atoms with Crippen LogP contribution in [0.25, 0.3) is 21.9 Å². The van der Waals surface area contributed by atoms with E-state index in [9.17, 15) is 17.6 Å². The second-order valence-electron chi connectivity index (χ2n) is 8.32. The maximum atomic E-state index is 14.1. The normalized spacial score (nSPS) is 12.0. The Morgan fingerprint density at radius 2 is 1.81 bits per heavy atom. The Hall–Kier alpha value is -3.67. The van der Waals surface area contributed by atoms with Crippen LogP contribution < -0.4 is 10.3 Å². The van der Waals surface area contributed by atoms with Gasteiger partial charge in [0.15, 0.2) is 0 Å². The molecule has 0 spiro atoms. The van der Waals surface area contributed by atoms with Crippen LogP contribution in [0.1, 0.15) is 16.7 Å². The molecule has 0 saturated heterocycles. The maximum Gasteiger partial charge on any atom is 0.252 e. The van der Waals surface area contributed by atoms with E-state index in [4.69, 9.17) is 4.74 Å². The Balaban J connectivity index is 1.64. The highest BCUT2D eigenvalue weighted by molar-refractivity contribution is 7.89. The number of aromatic amines is 1. The molecular weight excluding hydrogens is 503 g/mol. The zero-order valence-electron chi connectivity index (χ0n) is 19.4.